The molecule has 2 rings (SSSR count). The van der Waals surface area contributed by atoms with Crippen LogP contribution in [0.1, 0.15) is 11.1 Å². The molecule has 0 aliphatic rings. The Balaban J connectivity index is 2.38. The van der Waals surface area contributed by atoms with E-state index in [1.54, 1.807) is 6.08 Å². The Labute approximate surface area is 187 Å². The summed E-state index contributed by atoms with van der Waals surface area (Å²) in [6.07, 6.45) is -8.44. The van der Waals surface area contributed by atoms with Crippen LogP contribution in [0.2, 0.25) is 10.0 Å². The standard InChI is InChI=1S/C17H8Br2Cl2F6O2/c18-15(19)3-4-28-13-6-11(21)14(7-10(13)20)29-12-2-1-8(16(22,23)24)5-9(12)17(25,26)27/h1-3,5-7H,4H2. The van der Waals surface area contributed by atoms with E-state index in [9.17, 15) is 26.3 Å². The minimum Gasteiger partial charge on any atom is -0.488 e. The zero-order valence-electron chi connectivity index (χ0n) is 13.8. The maximum atomic E-state index is 13.2. The summed E-state index contributed by atoms with van der Waals surface area (Å²) in [6, 6.07) is 3.32. The van der Waals surface area contributed by atoms with Gasteiger partial charge in [0.05, 0.1) is 24.6 Å². The van der Waals surface area contributed by atoms with Crippen molar-refractivity contribution in [2.24, 2.45) is 0 Å². The van der Waals surface area contributed by atoms with Crippen LogP contribution in [0, 0.1) is 0 Å². The Morgan fingerprint density at radius 3 is 2.00 bits per heavy atom. The molecule has 0 fully saturated rings. The van der Waals surface area contributed by atoms with Gasteiger partial charge in [-0.2, -0.15) is 26.3 Å². The van der Waals surface area contributed by atoms with Crippen molar-refractivity contribution in [3.05, 3.63) is 61.0 Å². The molecular weight excluding hydrogens is 581 g/mol. The molecule has 2 aromatic rings. The number of halogens is 10. The summed E-state index contributed by atoms with van der Waals surface area (Å²) in [7, 11) is 0. The first-order chi connectivity index (χ1) is 13.3. The lowest BCUT2D eigenvalue weighted by Gasteiger charge is -2.17. The molecule has 0 heterocycles. The predicted molar refractivity (Wildman–Crippen MR) is 104 cm³/mol. The van der Waals surface area contributed by atoms with E-state index in [0.717, 1.165) is 6.07 Å². The number of benzene rings is 2. The van der Waals surface area contributed by atoms with Gasteiger partial charge < -0.3 is 9.47 Å². The minimum atomic E-state index is -5.09. The fraction of sp³-hybridized carbons (Fsp3) is 0.176. The molecule has 0 atom stereocenters. The summed E-state index contributed by atoms with van der Waals surface area (Å²) in [6.45, 7) is 0.0964. The first-order valence-corrected chi connectivity index (χ1v) is 9.72. The van der Waals surface area contributed by atoms with Gasteiger partial charge in [0.15, 0.2) is 0 Å². The van der Waals surface area contributed by atoms with Gasteiger partial charge in [-0.15, -0.1) is 0 Å². The van der Waals surface area contributed by atoms with Gasteiger partial charge in [-0.05, 0) is 56.1 Å². The molecule has 2 aromatic carbocycles. The van der Waals surface area contributed by atoms with Crippen LogP contribution in [0.5, 0.6) is 17.2 Å². The third-order valence-corrected chi connectivity index (χ3v) is 4.53. The Hall–Kier alpha value is -1.10. The molecule has 0 bridgehead atoms. The van der Waals surface area contributed by atoms with E-state index in [2.05, 4.69) is 31.9 Å². The fourth-order valence-electron chi connectivity index (χ4n) is 2.03. The molecule has 2 nitrogen and oxygen atoms in total. The molecule has 0 unspecified atom stereocenters. The molecule has 0 aromatic heterocycles. The van der Waals surface area contributed by atoms with Crippen LogP contribution < -0.4 is 9.47 Å². The van der Waals surface area contributed by atoms with Crippen LogP contribution in [-0.2, 0) is 12.4 Å². The van der Waals surface area contributed by atoms with E-state index in [1.807, 2.05) is 0 Å². The zero-order valence-corrected chi connectivity index (χ0v) is 18.5. The highest BCUT2D eigenvalue weighted by atomic mass is 79.9. The Morgan fingerprint density at radius 2 is 1.45 bits per heavy atom. The van der Waals surface area contributed by atoms with Crippen molar-refractivity contribution in [3.63, 3.8) is 0 Å². The highest BCUT2D eigenvalue weighted by Crippen LogP contribution is 2.44. The molecule has 0 aliphatic heterocycles. The number of alkyl halides is 6. The summed E-state index contributed by atoms with van der Waals surface area (Å²) in [4.78, 5) is 0. The average Bonchev–Trinajstić information content (AvgIpc) is 2.57. The van der Waals surface area contributed by atoms with Crippen molar-refractivity contribution >= 4 is 55.1 Å². The topological polar surface area (TPSA) is 18.5 Å². The summed E-state index contributed by atoms with van der Waals surface area (Å²) in [5, 5.41) is -0.178. The van der Waals surface area contributed by atoms with Gasteiger partial charge in [0.2, 0.25) is 0 Å². The molecule has 0 N–H and O–H groups in total. The van der Waals surface area contributed by atoms with Crippen LogP contribution in [0.25, 0.3) is 0 Å². The van der Waals surface area contributed by atoms with Crippen molar-refractivity contribution in [1.82, 2.24) is 0 Å². The third-order valence-electron chi connectivity index (χ3n) is 3.30. The molecule has 158 valence electrons. The normalized spacial score (nSPS) is 11.9. The number of ether oxygens (including phenoxy) is 2. The second kappa shape index (κ2) is 9.36. The Bertz CT molecular complexity index is 925. The summed E-state index contributed by atoms with van der Waals surface area (Å²) in [5.74, 6) is -1.01. The number of rotatable bonds is 5. The van der Waals surface area contributed by atoms with Gasteiger partial charge in [0, 0.05) is 12.1 Å². The lowest BCUT2D eigenvalue weighted by molar-refractivity contribution is -0.143. The molecule has 0 saturated carbocycles. The monoisotopic (exact) mass is 586 g/mol. The Morgan fingerprint density at radius 1 is 0.862 bits per heavy atom. The summed E-state index contributed by atoms with van der Waals surface area (Å²) >= 11 is 18.3. The minimum absolute atomic E-state index is 0.0241. The maximum Gasteiger partial charge on any atom is 0.420 e. The number of hydrogen-bond acceptors (Lipinski definition) is 2. The molecule has 0 saturated heterocycles. The SMILES string of the molecule is FC(F)(F)c1ccc(Oc2cc(Cl)c(OCC=C(Br)Br)cc2Cl)c(C(F)(F)F)c1. The van der Waals surface area contributed by atoms with Gasteiger partial charge in [0.25, 0.3) is 0 Å². The smallest absolute Gasteiger partial charge is 0.420 e. The van der Waals surface area contributed by atoms with Crippen LogP contribution in [0.4, 0.5) is 26.3 Å². The van der Waals surface area contributed by atoms with Gasteiger partial charge in [-0.1, -0.05) is 23.2 Å². The van der Waals surface area contributed by atoms with Crippen molar-refractivity contribution in [1.29, 1.82) is 0 Å². The largest absolute Gasteiger partial charge is 0.488 e. The van der Waals surface area contributed by atoms with Crippen LogP contribution in [-0.4, -0.2) is 6.61 Å². The molecule has 0 radical (unpaired) electrons. The first-order valence-electron chi connectivity index (χ1n) is 7.38. The molecule has 12 heteroatoms. The van der Waals surface area contributed by atoms with E-state index in [4.69, 9.17) is 32.7 Å². The second-order valence-electron chi connectivity index (χ2n) is 5.33. The van der Waals surface area contributed by atoms with Crippen LogP contribution in [0.15, 0.2) is 39.8 Å². The van der Waals surface area contributed by atoms with Crippen molar-refractivity contribution < 1.29 is 35.8 Å². The van der Waals surface area contributed by atoms with E-state index in [1.165, 1.54) is 6.07 Å². The predicted octanol–water partition coefficient (Wildman–Crippen LogP) is 8.83. The van der Waals surface area contributed by atoms with Crippen molar-refractivity contribution in [2.75, 3.05) is 6.61 Å². The molecule has 0 aliphatic carbocycles. The quantitative estimate of drug-likeness (QED) is 0.325. The lowest BCUT2D eigenvalue weighted by atomic mass is 10.1. The molecule has 29 heavy (non-hydrogen) atoms. The fourth-order valence-corrected chi connectivity index (χ4v) is 2.69. The second-order valence-corrected chi connectivity index (χ2v) is 8.91. The number of hydrogen-bond donors (Lipinski definition) is 0. The van der Waals surface area contributed by atoms with E-state index in [-0.39, 0.29) is 34.2 Å². The van der Waals surface area contributed by atoms with Gasteiger partial charge in [-0.25, -0.2) is 0 Å². The lowest BCUT2D eigenvalue weighted by Crippen LogP contribution is -2.12. The van der Waals surface area contributed by atoms with E-state index < -0.39 is 29.2 Å². The van der Waals surface area contributed by atoms with Crippen molar-refractivity contribution in [3.8, 4) is 17.2 Å². The van der Waals surface area contributed by atoms with Gasteiger partial charge in [0.1, 0.15) is 23.9 Å². The first kappa shape index (κ1) is 24.2. The van der Waals surface area contributed by atoms with E-state index >= 15 is 0 Å². The van der Waals surface area contributed by atoms with Crippen molar-refractivity contribution in [2.45, 2.75) is 12.4 Å². The van der Waals surface area contributed by atoms with Gasteiger partial charge >= 0.3 is 12.4 Å². The zero-order chi connectivity index (χ0) is 22.0. The summed E-state index contributed by atoms with van der Waals surface area (Å²) in [5.41, 5.74) is -3.07. The van der Waals surface area contributed by atoms with E-state index in [0.29, 0.717) is 15.5 Å². The van der Waals surface area contributed by atoms with Crippen LogP contribution in [0.3, 0.4) is 0 Å². The highest BCUT2D eigenvalue weighted by molar-refractivity contribution is 9.28. The summed E-state index contributed by atoms with van der Waals surface area (Å²) < 4.78 is 89.1. The van der Waals surface area contributed by atoms with Crippen LogP contribution >= 0.6 is 55.1 Å². The third kappa shape index (κ3) is 6.70. The maximum absolute atomic E-state index is 13.2. The molecule has 0 spiro atoms. The van der Waals surface area contributed by atoms with Gasteiger partial charge in [-0.3, -0.25) is 0 Å². The average molecular weight is 589 g/mol. The highest BCUT2D eigenvalue weighted by Gasteiger charge is 2.39. The molecule has 0 amide bonds. The Kier molecular flexibility index (Phi) is 7.80. The molecular formula is C17H8Br2Cl2F6O2.